The molecule has 1 unspecified atom stereocenters. The second kappa shape index (κ2) is 4.62. The number of hydrogen-bond donors (Lipinski definition) is 1. The van der Waals surface area contributed by atoms with Crippen LogP contribution in [0.15, 0.2) is 18.5 Å². The van der Waals surface area contributed by atoms with Crippen molar-refractivity contribution in [2.24, 2.45) is 5.73 Å². The first-order chi connectivity index (χ1) is 7.31. The molecule has 0 aromatic carbocycles. The molecule has 2 rings (SSSR count). The first kappa shape index (κ1) is 10.4. The van der Waals surface area contributed by atoms with E-state index < -0.39 is 0 Å². The minimum Gasteiger partial charge on any atom is -0.331 e. The SMILES string of the molecule is CCCn1ccnc1C1=CCC(N)CC1. The van der Waals surface area contributed by atoms with Gasteiger partial charge in [-0.1, -0.05) is 13.0 Å². The third-order valence-corrected chi connectivity index (χ3v) is 2.92. The number of aromatic nitrogens is 2. The van der Waals surface area contributed by atoms with Gasteiger partial charge in [0.1, 0.15) is 5.82 Å². The summed E-state index contributed by atoms with van der Waals surface area (Å²) in [6.45, 7) is 3.24. The van der Waals surface area contributed by atoms with Crippen LogP contribution in [-0.2, 0) is 6.54 Å². The zero-order chi connectivity index (χ0) is 10.7. The molecule has 0 bridgehead atoms. The Labute approximate surface area is 91.0 Å². The molecule has 1 aliphatic carbocycles. The molecule has 1 aromatic rings. The number of allylic oxidation sites excluding steroid dienone is 1. The molecule has 15 heavy (non-hydrogen) atoms. The highest BCUT2D eigenvalue weighted by Gasteiger charge is 2.14. The quantitative estimate of drug-likeness (QED) is 0.822. The molecule has 3 heteroatoms. The lowest BCUT2D eigenvalue weighted by Crippen LogP contribution is -2.22. The van der Waals surface area contributed by atoms with Crippen LogP contribution in [0.3, 0.4) is 0 Å². The standard InChI is InChI=1S/C12H19N3/c1-2-8-15-9-7-14-12(15)10-3-5-11(13)6-4-10/h3,7,9,11H,2,4-6,8,13H2,1H3. The van der Waals surface area contributed by atoms with Crippen molar-refractivity contribution in [2.45, 2.75) is 45.2 Å². The average molecular weight is 205 g/mol. The van der Waals surface area contributed by atoms with Crippen LogP contribution in [0.5, 0.6) is 0 Å². The largest absolute Gasteiger partial charge is 0.331 e. The van der Waals surface area contributed by atoms with E-state index in [1.807, 2.05) is 6.20 Å². The van der Waals surface area contributed by atoms with Crippen molar-refractivity contribution in [1.29, 1.82) is 0 Å². The van der Waals surface area contributed by atoms with Crippen molar-refractivity contribution >= 4 is 5.57 Å². The first-order valence-corrected chi connectivity index (χ1v) is 5.77. The lowest BCUT2D eigenvalue weighted by molar-refractivity contribution is 0.604. The monoisotopic (exact) mass is 205 g/mol. The first-order valence-electron chi connectivity index (χ1n) is 5.77. The van der Waals surface area contributed by atoms with Gasteiger partial charge >= 0.3 is 0 Å². The van der Waals surface area contributed by atoms with E-state index in [1.165, 1.54) is 5.57 Å². The minimum atomic E-state index is 0.350. The van der Waals surface area contributed by atoms with Gasteiger partial charge in [-0.25, -0.2) is 4.98 Å². The van der Waals surface area contributed by atoms with Crippen LogP contribution < -0.4 is 5.73 Å². The fourth-order valence-corrected chi connectivity index (χ4v) is 2.08. The van der Waals surface area contributed by atoms with E-state index in [4.69, 9.17) is 5.73 Å². The number of rotatable bonds is 3. The third-order valence-electron chi connectivity index (χ3n) is 2.92. The zero-order valence-corrected chi connectivity index (χ0v) is 9.32. The molecule has 1 aliphatic rings. The van der Waals surface area contributed by atoms with E-state index in [2.05, 4.69) is 28.7 Å². The Hall–Kier alpha value is -1.09. The van der Waals surface area contributed by atoms with Crippen LogP contribution in [-0.4, -0.2) is 15.6 Å². The lowest BCUT2D eigenvalue weighted by Gasteiger charge is -2.18. The van der Waals surface area contributed by atoms with Crippen LogP contribution in [0.25, 0.3) is 5.57 Å². The number of aryl methyl sites for hydroxylation is 1. The van der Waals surface area contributed by atoms with Crippen LogP contribution >= 0.6 is 0 Å². The molecule has 0 amide bonds. The van der Waals surface area contributed by atoms with Gasteiger partial charge in [-0.2, -0.15) is 0 Å². The molecule has 82 valence electrons. The van der Waals surface area contributed by atoms with Gasteiger partial charge in [0, 0.05) is 25.0 Å². The summed E-state index contributed by atoms with van der Waals surface area (Å²) < 4.78 is 2.24. The zero-order valence-electron chi connectivity index (χ0n) is 9.32. The topological polar surface area (TPSA) is 43.8 Å². The van der Waals surface area contributed by atoms with Crippen LogP contribution in [0.4, 0.5) is 0 Å². The number of nitrogens with zero attached hydrogens (tertiary/aromatic N) is 2. The molecule has 1 atom stereocenters. The fourth-order valence-electron chi connectivity index (χ4n) is 2.08. The second-order valence-corrected chi connectivity index (χ2v) is 4.21. The molecule has 3 nitrogen and oxygen atoms in total. The Kier molecular flexibility index (Phi) is 3.21. The Morgan fingerprint density at radius 3 is 3.13 bits per heavy atom. The number of hydrogen-bond acceptors (Lipinski definition) is 2. The number of nitrogens with two attached hydrogens (primary N) is 1. The predicted octanol–water partition coefficient (Wildman–Crippen LogP) is 2.19. The molecule has 0 saturated heterocycles. The van der Waals surface area contributed by atoms with E-state index in [-0.39, 0.29) is 0 Å². The highest BCUT2D eigenvalue weighted by molar-refractivity contribution is 5.61. The summed E-state index contributed by atoms with van der Waals surface area (Å²) in [5.74, 6) is 1.14. The summed E-state index contributed by atoms with van der Waals surface area (Å²) >= 11 is 0. The second-order valence-electron chi connectivity index (χ2n) is 4.21. The van der Waals surface area contributed by atoms with Crippen molar-refractivity contribution < 1.29 is 0 Å². The Balaban J connectivity index is 2.18. The summed E-state index contributed by atoms with van der Waals surface area (Å²) in [7, 11) is 0. The van der Waals surface area contributed by atoms with Crippen molar-refractivity contribution in [1.82, 2.24) is 9.55 Å². The summed E-state index contributed by atoms with van der Waals surface area (Å²) in [5.41, 5.74) is 7.25. The van der Waals surface area contributed by atoms with Gasteiger partial charge in [0.2, 0.25) is 0 Å². The van der Waals surface area contributed by atoms with Gasteiger partial charge in [-0.3, -0.25) is 0 Å². The van der Waals surface area contributed by atoms with Crippen LogP contribution in [0, 0.1) is 0 Å². The van der Waals surface area contributed by atoms with E-state index in [9.17, 15) is 0 Å². The molecule has 0 fully saturated rings. The van der Waals surface area contributed by atoms with E-state index in [0.29, 0.717) is 6.04 Å². The summed E-state index contributed by atoms with van der Waals surface area (Å²) in [6.07, 6.45) is 10.5. The van der Waals surface area contributed by atoms with Gasteiger partial charge in [0.25, 0.3) is 0 Å². The predicted molar refractivity (Wildman–Crippen MR) is 62.3 cm³/mol. The van der Waals surface area contributed by atoms with Crippen molar-refractivity contribution in [3.63, 3.8) is 0 Å². The fraction of sp³-hybridized carbons (Fsp3) is 0.583. The summed E-state index contributed by atoms with van der Waals surface area (Å²) in [5, 5.41) is 0. The van der Waals surface area contributed by atoms with Crippen molar-refractivity contribution in [3.05, 3.63) is 24.3 Å². The van der Waals surface area contributed by atoms with E-state index in [1.54, 1.807) is 0 Å². The highest BCUT2D eigenvalue weighted by atomic mass is 15.1. The maximum absolute atomic E-state index is 5.88. The van der Waals surface area contributed by atoms with Crippen molar-refractivity contribution in [3.8, 4) is 0 Å². The highest BCUT2D eigenvalue weighted by Crippen LogP contribution is 2.25. The Morgan fingerprint density at radius 1 is 1.60 bits per heavy atom. The molecule has 0 spiro atoms. The van der Waals surface area contributed by atoms with Gasteiger partial charge < -0.3 is 10.3 Å². The average Bonchev–Trinajstić information content (AvgIpc) is 2.68. The van der Waals surface area contributed by atoms with Crippen LogP contribution in [0.2, 0.25) is 0 Å². The summed E-state index contributed by atoms with van der Waals surface area (Å²) in [6, 6.07) is 0.350. The van der Waals surface area contributed by atoms with Crippen LogP contribution in [0.1, 0.15) is 38.4 Å². The van der Waals surface area contributed by atoms with Gasteiger partial charge in [-0.15, -0.1) is 0 Å². The van der Waals surface area contributed by atoms with Gasteiger partial charge in [-0.05, 0) is 31.3 Å². The van der Waals surface area contributed by atoms with Crippen molar-refractivity contribution in [2.75, 3.05) is 0 Å². The lowest BCUT2D eigenvalue weighted by atomic mass is 9.95. The molecular formula is C12H19N3. The van der Waals surface area contributed by atoms with Gasteiger partial charge in [0.15, 0.2) is 0 Å². The van der Waals surface area contributed by atoms with Gasteiger partial charge in [0.05, 0.1) is 0 Å². The smallest absolute Gasteiger partial charge is 0.135 e. The maximum Gasteiger partial charge on any atom is 0.135 e. The molecule has 0 saturated carbocycles. The molecule has 0 aliphatic heterocycles. The van der Waals surface area contributed by atoms with E-state index >= 15 is 0 Å². The molecule has 0 radical (unpaired) electrons. The number of imidazole rings is 1. The Morgan fingerprint density at radius 2 is 2.47 bits per heavy atom. The van der Waals surface area contributed by atoms with E-state index in [0.717, 1.165) is 38.1 Å². The minimum absolute atomic E-state index is 0.350. The Bertz CT molecular complexity index is 352. The molecule has 1 aromatic heterocycles. The molecule has 1 heterocycles. The molecular weight excluding hydrogens is 186 g/mol. The molecule has 2 N–H and O–H groups in total. The summed E-state index contributed by atoms with van der Waals surface area (Å²) in [4.78, 5) is 4.44. The maximum atomic E-state index is 5.88. The normalized spacial score (nSPS) is 21.5. The third kappa shape index (κ3) is 2.29.